The number of hydrogen-bond acceptors (Lipinski definition) is 3. The van der Waals surface area contributed by atoms with Crippen LogP contribution in [-0.4, -0.2) is 21.0 Å². The van der Waals surface area contributed by atoms with Crippen molar-refractivity contribution in [3.8, 4) is 11.1 Å². The summed E-state index contributed by atoms with van der Waals surface area (Å²) in [5, 5.41) is 8.95. The van der Waals surface area contributed by atoms with Crippen molar-refractivity contribution < 1.29 is 9.90 Å². The van der Waals surface area contributed by atoms with E-state index in [0.717, 1.165) is 0 Å². The molecule has 0 bridgehead atoms. The second-order valence-electron chi connectivity index (χ2n) is 3.33. The molecule has 0 spiro atoms. The summed E-state index contributed by atoms with van der Waals surface area (Å²) < 4.78 is 0. The second kappa shape index (κ2) is 5.33. The summed E-state index contributed by atoms with van der Waals surface area (Å²) in [6.45, 7) is 0. The first kappa shape index (κ1) is 13.7. The standard InChI is InChI=1S/C11H8N2O4.ClH/c14-9-7(6-4-2-1-3-5-6)8(10(15)16)12-11(17)13-9;/h1-5H,(H,15,16)(H2,12,13,14,17);1H. The van der Waals surface area contributed by atoms with Gasteiger partial charge >= 0.3 is 11.7 Å². The number of nitrogens with one attached hydrogen (secondary N) is 2. The van der Waals surface area contributed by atoms with Crippen molar-refractivity contribution in [1.29, 1.82) is 0 Å². The molecule has 7 heteroatoms. The van der Waals surface area contributed by atoms with Crippen LogP contribution in [0.2, 0.25) is 0 Å². The lowest BCUT2D eigenvalue weighted by Crippen LogP contribution is -2.27. The maximum absolute atomic E-state index is 11.6. The van der Waals surface area contributed by atoms with E-state index in [9.17, 15) is 14.4 Å². The van der Waals surface area contributed by atoms with Gasteiger partial charge in [-0.15, -0.1) is 12.4 Å². The summed E-state index contributed by atoms with van der Waals surface area (Å²) in [5.41, 5.74) is -1.60. The van der Waals surface area contributed by atoms with Crippen LogP contribution in [0.3, 0.4) is 0 Å². The Morgan fingerprint density at radius 2 is 1.67 bits per heavy atom. The molecule has 3 N–H and O–H groups in total. The molecule has 1 aromatic carbocycles. The van der Waals surface area contributed by atoms with Gasteiger partial charge in [-0.25, -0.2) is 9.59 Å². The molecule has 94 valence electrons. The molecule has 0 fully saturated rings. The number of H-pyrrole nitrogens is 2. The van der Waals surface area contributed by atoms with Crippen LogP contribution >= 0.6 is 12.4 Å². The quantitative estimate of drug-likeness (QED) is 0.751. The number of carboxylic acid groups (broad SMARTS) is 1. The first-order chi connectivity index (χ1) is 8.09. The van der Waals surface area contributed by atoms with Crippen LogP contribution in [0, 0.1) is 0 Å². The molecule has 1 aromatic heterocycles. The Hall–Kier alpha value is -2.34. The normalized spacial score (nSPS) is 9.56. The van der Waals surface area contributed by atoms with E-state index in [-0.39, 0.29) is 18.0 Å². The van der Waals surface area contributed by atoms with Crippen molar-refractivity contribution in [2.24, 2.45) is 0 Å². The third-order valence-corrected chi connectivity index (χ3v) is 2.22. The number of halogens is 1. The predicted octanol–water partition coefficient (Wildman–Crippen LogP) is 0.850. The number of carboxylic acids is 1. The Kier molecular flexibility index (Phi) is 4.06. The van der Waals surface area contributed by atoms with E-state index in [4.69, 9.17) is 5.11 Å². The first-order valence-corrected chi connectivity index (χ1v) is 4.75. The van der Waals surface area contributed by atoms with Gasteiger partial charge in [0.15, 0.2) is 0 Å². The molecule has 2 aromatic rings. The van der Waals surface area contributed by atoms with Gasteiger partial charge in [-0.3, -0.25) is 9.78 Å². The van der Waals surface area contributed by atoms with Crippen molar-refractivity contribution in [3.05, 3.63) is 56.9 Å². The van der Waals surface area contributed by atoms with E-state index in [0.29, 0.717) is 5.56 Å². The SMILES string of the molecule is Cl.O=C(O)c1[nH]c(=O)[nH]c(=O)c1-c1ccccc1. The molecule has 0 saturated heterocycles. The molecule has 0 unspecified atom stereocenters. The van der Waals surface area contributed by atoms with Crippen LogP contribution in [0.25, 0.3) is 11.1 Å². The van der Waals surface area contributed by atoms with E-state index < -0.39 is 22.9 Å². The third-order valence-electron chi connectivity index (χ3n) is 2.22. The fourth-order valence-electron chi connectivity index (χ4n) is 1.53. The number of rotatable bonds is 2. The molecule has 0 aliphatic carbocycles. The van der Waals surface area contributed by atoms with Gasteiger partial charge in [-0.2, -0.15) is 0 Å². The molecule has 1 heterocycles. The maximum atomic E-state index is 11.6. The third kappa shape index (κ3) is 2.49. The average Bonchev–Trinajstić information content (AvgIpc) is 2.29. The van der Waals surface area contributed by atoms with E-state index in [2.05, 4.69) is 4.98 Å². The molecule has 0 aliphatic rings. The monoisotopic (exact) mass is 268 g/mol. The zero-order valence-electron chi connectivity index (χ0n) is 8.97. The number of benzene rings is 1. The van der Waals surface area contributed by atoms with Crippen molar-refractivity contribution in [3.63, 3.8) is 0 Å². The van der Waals surface area contributed by atoms with Crippen LogP contribution < -0.4 is 11.2 Å². The predicted molar refractivity (Wildman–Crippen MR) is 67.3 cm³/mol. The van der Waals surface area contributed by atoms with Crippen molar-refractivity contribution in [1.82, 2.24) is 9.97 Å². The minimum atomic E-state index is -1.35. The second-order valence-corrected chi connectivity index (χ2v) is 3.33. The van der Waals surface area contributed by atoms with Gasteiger partial charge in [0.25, 0.3) is 5.56 Å². The van der Waals surface area contributed by atoms with E-state index in [1.165, 1.54) is 0 Å². The average molecular weight is 269 g/mol. The summed E-state index contributed by atoms with van der Waals surface area (Å²) in [7, 11) is 0. The van der Waals surface area contributed by atoms with Gasteiger partial charge in [0.2, 0.25) is 0 Å². The number of aromatic amines is 2. The Labute approximate surface area is 107 Å². The Morgan fingerprint density at radius 3 is 2.22 bits per heavy atom. The summed E-state index contributed by atoms with van der Waals surface area (Å²) in [6, 6.07) is 8.27. The highest BCUT2D eigenvalue weighted by Gasteiger charge is 2.16. The molecule has 18 heavy (non-hydrogen) atoms. The molecule has 0 radical (unpaired) electrons. The molecule has 0 saturated carbocycles. The molecule has 0 amide bonds. The summed E-state index contributed by atoms with van der Waals surface area (Å²) in [4.78, 5) is 37.7. The lowest BCUT2D eigenvalue weighted by atomic mass is 10.1. The fourth-order valence-corrected chi connectivity index (χ4v) is 1.53. The number of aromatic carboxylic acids is 1. The highest BCUT2D eigenvalue weighted by molar-refractivity contribution is 5.93. The van der Waals surface area contributed by atoms with Crippen LogP contribution in [-0.2, 0) is 0 Å². The van der Waals surface area contributed by atoms with Gasteiger partial charge in [0.05, 0.1) is 5.56 Å². The maximum Gasteiger partial charge on any atom is 0.353 e. The zero-order valence-corrected chi connectivity index (χ0v) is 9.78. The highest BCUT2D eigenvalue weighted by atomic mass is 35.5. The van der Waals surface area contributed by atoms with Crippen LogP contribution in [0.15, 0.2) is 39.9 Å². The van der Waals surface area contributed by atoms with Crippen molar-refractivity contribution >= 4 is 18.4 Å². The largest absolute Gasteiger partial charge is 0.477 e. The highest BCUT2D eigenvalue weighted by Crippen LogP contribution is 2.16. The summed E-state index contributed by atoms with van der Waals surface area (Å²) in [6.07, 6.45) is 0. The lowest BCUT2D eigenvalue weighted by molar-refractivity contribution is 0.0690. The molecule has 6 nitrogen and oxygen atoms in total. The van der Waals surface area contributed by atoms with Crippen LogP contribution in [0.4, 0.5) is 0 Å². The van der Waals surface area contributed by atoms with E-state index in [1.807, 2.05) is 4.98 Å². The molecule has 0 aliphatic heterocycles. The number of aromatic nitrogens is 2. The fraction of sp³-hybridized carbons (Fsp3) is 0. The Balaban J connectivity index is 0.00000162. The number of hydrogen-bond donors (Lipinski definition) is 3. The summed E-state index contributed by atoms with van der Waals surface area (Å²) >= 11 is 0. The van der Waals surface area contributed by atoms with Gasteiger partial charge in [-0.1, -0.05) is 30.3 Å². The lowest BCUT2D eigenvalue weighted by Gasteiger charge is -2.03. The summed E-state index contributed by atoms with van der Waals surface area (Å²) in [5.74, 6) is -1.35. The van der Waals surface area contributed by atoms with E-state index >= 15 is 0 Å². The van der Waals surface area contributed by atoms with E-state index in [1.54, 1.807) is 30.3 Å². The van der Waals surface area contributed by atoms with Crippen LogP contribution in [0.1, 0.15) is 10.5 Å². The molecular formula is C11H9ClN2O4. The Morgan fingerprint density at radius 1 is 1.06 bits per heavy atom. The number of carbonyl (C=O) groups is 1. The molecule has 2 rings (SSSR count). The molecule has 0 atom stereocenters. The zero-order chi connectivity index (χ0) is 12.4. The Bertz CT molecular complexity index is 675. The van der Waals surface area contributed by atoms with Gasteiger partial charge < -0.3 is 10.1 Å². The smallest absolute Gasteiger partial charge is 0.353 e. The van der Waals surface area contributed by atoms with Gasteiger partial charge in [-0.05, 0) is 5.56 Å². The van der Waals surface area contributed by atoms with Gasteiger partial charge in [0, 0.05) is 0 Å². The van der Waals surface area contributed by atoms with Crippen molar-refractivity contribution in [2.45, 2.75) is 0 Å². The van der Waals surface area contributed by atoms with Crippen molar-refractivity contribution in [2.75, 3.05) is 0 Å². The molecular weight excluding hydrogens is 260 g/mol. The topological polar surface area (TPSA) is 103 Å². The van der Waals surface area contributed by atoms with Crippen LogP contribution in [0.5, 0.6) is 0 Å². The minimum absolute atomic E-state index is 0. The minimum Gasteiger partial charge on any atom is -0.477 e. The first-order valence-electron chi connectivity index (χ1n) is 4.75. The van der Waals surface area contributed by atoms with Gasteiger partial charge in [0.1, 0.15) is 5.69 Å².